The number of nitrogens with two attached hydrogens (primary N) is 1. The molecule has 4 nitrogen and oxygen atoms in total. The van der Waals surface area contributed by atoms with Crippen LogP contribution in [0.4, 0.5) is 0 Å². The molecule has 1 aromatic carbocycles. The maximum atomic E-state index is 5.73. The Kier molecular flexibility index (Phi) is 2.34. The normalized spacial score (nSPS) is 19.4. The van der Waals surface area contributed by atoms with E-state index in [0.717, 1.165) is 11.1 Å². The number of aliphatic imine (C=N–C) groups is 1. The molecule has 0 unspecified atom stereocenters. The molecule has 17 heavy (non-hydrogen) atoms. The summed E-state index contributed by atoms with van der Waals surface area (Å²) < 4.78 is 5.63. The lowest BCUT2D eigenvalue weighted by atomic mass is 10.3. The molecule has 1 aromatic heterocycles. The lowest BCUT2D eigenvalue weighted by molar-refractivity contribution is 0.583. The van der Waals surface area contributed by atoms with E-state index in [9.17, 15) is 0 Å². The van der Waals surface area contributed by atoms with E-state index in [0.29, 0.717) is 11.6 Å². The summed E-state index contributed by atoms with van der Waals surface area (Å²) in [4.78, 5) is 8.64. The maximum absolute atomic E-state index is 5.73. The Morgan fingerprint density at radius 3 is 3.00 bits per heavy atom. The second-order valence-electron chi connectivity index (χ2n) is 3.78. The zero-order valence-electron chi connectivity index (χ0n) is 9.08. The van der Waals surface area contributed by atoms with E-state index < -0.39 is 0 Å². The first-order valence-electron chi connectivity index (χ1n) is 5.37. The van der Waals surface area contributed by atoms with Gasteiger partial charge in [0.1, 0.15) is 11.2 Å². The number of nitrogens with zero attached hydrogens (tertiary/aromatic N) is 2. The predicted molar refractivity (Wildman–Crippen MR) is 67.6 cm³/mol. The number of rotatable bonds is 1. The molecular formula is C13H11N3O. The van der Waals surface area contributed by atoms with Crippen LogP contribution in [0.2, 0.25) is 0 Å². The van der Waals surface area contributed by atoms with Crippen molar-refractivity contribution >= 4 is 23.0 Å². The number of hydrogen-bond acceptors (Lipinski definition) is 4. The summed E-state index contributed by atoms with van der Waals surface area (Å²) in [5, 5.41) is 0. The van der Waals surface area contributed by atoms with Crippen molar-refractivity contribution in [2.75, 3.05) is 0 Å². The van der Waals surface area contributed by atoms with Gasteiger partial charge in [-0.3, -0.25) is 4.99 Å². The van der Waals surface area contributed by atoms with Gasteiger partial charge in [0.2, 0.25) is 5.89 Å². The molecule has 1 aliphatic rings. The van der Waals surface area contributed by atoms with Crippen LogP contribution in [0.1, 0.15) is 5.89 Å². The van der Waals surface area contributed by atoms with E-state index in [1.165, 1.54) is 0 Å². The van der Waals surface area contributed by atoms with Crippen LogP contribution in [-0.4, -0.2) is 17.2 Å². The molecule has 0 saturated heterocycles. The molecule has 0 spiro atoms. The highest BCUT2D eigenvalue weighted by molar-refractivity contribution is 5.80. The van der Waals surface area contributed by atoms with Crippen LogP contribution < -0.4 is 5.73 Å². The molecule has 0 fully saturated rings. The molecule has 1 aliphatic heterocycles. The average molecular weight is 225 g/mol. The quantitative estimate of drug-likeness (QED) is 0.808. The van der Waals surface area contributed by atoms with Gasteiger partial charge in [0, 0.05) is 6.21 Å². The largest absolute Gasteiger partial charge is 0.435 e. The van der Waals surface area contributed by atoms with Gasteiger partial charge in [-0.1, -0.05) is 24.3 Å². The van der Waals surface area contributed by atoms with Crippen molar-refractivity contribution in [3.63, 3.8) is 0 Å². The summed E-state index contributed by atoms with van der Waals surface area (Å²) >= 11 is 0. The second-order valence-corrected chi connectivity index (χ2v) is 3.78. The third-order valence-corrected chi connectivity index (χ3v) is 2.49. The Balaban J connectivity index is 2.07. The second kappa shape index (κ2) is 3.99. The van der Waals surface area contributed by atoms with Crippen LogP contribution in [0.5, 0.6) is 0 Å². The molecule has 4 heteroatoms. The number of oxazole rings is 1. The molecule has 0 saturated carbocycles. The lowest BCUT2D eigenvalue weighted by Gasteiger charge is -1.94. The van der Waals surface area contributed by atoms with Crippen molar-refractivity contribution in [2.24, 2.45) is 10.7 Å². The van der Waals surface area contributed by atoms with E-state index >= 15 is 0 Å². The standard InChI is InChI=1S/C13H11N3O/c14-9-4-3-6-11(15-8-9)13-16-10-5-1-2-7-12(10)17-13/h1-9H,14H2/t9-/m0/s1. The minimum Gasteiger partial charge on any atom is -0.435 e. The fraction of sp³-hybridized carbons (Fsp3) is 0.0769. The molecule has 84 valence electrons. The topological polar surface area (TPSA) is 64.4 Å². The van der Waals surface area contributed by atoms with Crippen molar-refractivity contribution in [3.8, 4) is 0 Å². The highest BCUT2D eigenvalue weighted by atomic mass is 16.3. The van der Waals surface area contributed by atoms with Gasteiger partial charge in [-0.15, -0.1) is 0 Å². The molecule has 2 N–H and O–H groups in total. The van der Waals surface area contributed by atoms with Crippen LogP contribution >= 0.6 is 0 Å². The molecule has 3 rings (SSSR count). The molecule has 0 radical (unpaired) electrons. The monoisotopic (exact) mass is 225 g/mol. The Morgan fingerprint density at radius 2 is 2.12 bits per heavy atom. The molecular weight excluding hydrogens is 214 g/mol. The number of fused-ring (bicyclic) bond motifs is 1. The number of allylic oxidation sites excluding steroid dienone is 2. The Hall–Kier alpha value is -2.20. The van der Waals surface area contributed by atoms with Crippen molar-refractivity contribution in [1.29, 1.82) is 0 Å². The average Bonchev–Trinajstić information content (AvgIpc) is 2.65. The highest BCUT2D eigenvalue weighted by Crippen LogP contribution is 2.22. The van der Waals surface area contributed by atoms with E-state index in [1.807, 2.05) is 42.5 Å². The first kappa shape index (κ1) is 9.99. The third kappa shape index (κ3) is 1.90. The first-order valence-corrected chi connectivity index (χ1v) is 5.37. The van der Waals surface area contributed by atoms with Gasteiger partial charge in [0.15, 0.2) is 5.58 Å². The zero-order valence-corrected chi connectivity index (χ0v) is 9.08. The van der Waals surface area contributed by atoms with Gasteiger partial charge in [0.25, 0.3) is 0 Å². The summed E-state index contributed by atoms with van der Waals surface area (Å²) in [5.41, 5.74) is 8.01. The Labute approximate surface area is 98.2 Å². The van der Waals surface area contributed by atoms with Gasteiger partial charge in [-0.05, 0) is 18.2 Å². The molecule has 0 amide bonds. The predicted octanol–water partition coefficient (Wildman–Crippen LogP) is 2.14. The van der Waals surface area contributed by atoms with Crippen LogP contribution in [-0.2, 0) is 0 Å². The van der Waals surface area contributed by atoms with Crippen LogP contribution in [0, 0.1) is 0 Å². The molecule has 0 bridgehead atoms. The van der Waals surface area contributed by atoms with Gasteiger partial charge in [0.05, 0.1) is 6.04 Å². The fourth-order valence-electron chi connectivity index (χ4n) is 1.64. The Morgan fingerprint density at radius 1 is 1.24 bits per heavy atom. The van der Waals surface area contributed by atoms with Crippen LogP contribution in [0.15, 0.2) is 51.9 Å². The minimum atomic E-state index is -0.159. The van der Waals surface area contributed by atoms with Crippen molar-refractivity contribution in [3.05, 3.63) is 48.4 Å². The number of aromatic nitrogens is 1. The maximum Gasteiger partial charge on any atom is 0.246 e. The molecule has 0 aliphatic carbocycles. The summed E-state index contributed by atoms with van der Waals surface area (Å²) in [6.45, 7) is 0. The summed E-state index contributed by atoms with van der Waals surface area (Å²) in [6, 6.07) is 7.47. The van der Waals surface area contributed by atoms with E-state index in [-0.39, 0.29) is 6.04 Å². The van der Waals surface area contributed by atoms with Gasteiger partial charge in [-0.2, -0.15) is 0 Å². The minimum absolute atomic E-state index is 0.159. The molecule has 2 heterocycles. The summed E-state index contributed by atoms with van der Waals surface area (Å²) in [7, 11) is 0. The summed E-state index contributed by atoms with van der Waals surface area (Å²) in [6.07, 6.45) is 7.24. The molecule has 1 atom stereocenters. The SMILES string of the molecule is N[C@H]1C=CC=C(c2nc3ccccc3o2)N=C1. The number of para-hydroxylation sites is 2. The van der Waals surface area contributed by atoms with Gasteiger partial charge < -0.3 is 10.2 Å². The Bertz CT molecular complexity index is 604. The van der Waals surface area contributed by atoms with E-state index in [2.05, 4.69) is 9.98 Å². The third-order valence-electron chi connectivity index (χ3n) is 2.49. The zero-order chi connectivity index (χ0) is 11.7. The number of hydrogen-bond donors (Lipinski definition) is 1. The van der Waals surface area contributed by atoms with Crippen LogP contribution in [0.25, 0.3) is 16.8 Å². The first-order chi connectivity index (χ1) is 8.33. The van der Waals surface area contributed by atoms with Crippen molar-refractivity contribution in [1.82, 2.24) is 4.98 Å². The lowest BCUT2D eigenvalue weighted by Crippen LogP contribution is -2.17. The molecule has 2 aromatic rings. The smallest absolute Gasteiger partial charge is 0.246 e. The number of benzene rings is 1. The van der Waals surface area contributed by atoms with Crippen molar-refractivity contribution < 1.29 is 4.42 Å². The van der Waals surface area contributed by atoms with E-state index in [1.54, 1.807) is 6.21 Å². The van der Waals surface area contributed by atoms with Crippen molar-refractivity contribution in [2.45, 2.75) is 6.04 Å². The van der Waals surface area contributed by atoms with Gasteiger partial charge in [-0.25, -0.2) is 4.98 Å². The fourth-order valence-corrected chi connectivity index (χ4v) is 1.64. The van der Waals surface area contributed by atoms with Gasteiger partial charge >= 0.3 is 0 Å². The summed E-state index contributed by atoms with van der Waals surface area (Å²) in [5.74, 6) is 0.515. The highest BCUT2D eigenvalue weighted by Gasteiger charge is 2.10. The van der Waals surface area contributed by atoms with Crippen LogP contribution in [0.3, 0.4) is 0 Å². The van der Waals surface area contributed by atoms with E-state index in [4.69, 9.17) is 10.2 Å².